The van der Waals surface area contributed by atoms with Crippen molar-refractivity contribution in [3.63, 3.8) is 0 Å². The van der Waals surface area contributed by atoms with Crippen LogP contribution in [0.1, 0.15) is 28.1 Å². The van der Waals surface area contributed by atoms with Crippen molar-refractivity contribution in [1.29, 1.82) is 0 Å². The Morgan fingerprint density at radius 3 is 2.77 bits per heavy atom. The molecular formula is C16H23IN4S. The zero-order valence-corrected chi connectivity index (χ0v) is 16.4. The van der Waals surface area contributed by atoms with Crippen LogP contribution >= 0.6 is 35.3 Å². The summed E-state index contributed by atoms with van der Waals surface area (Å²) < 4.78 is 0. The first-order chi connectivity index (χ1) is 10.1. The summed E-state index contributed by atoms with van der Waals surface area (Å²) in [5.41, 5.74) is 9.29. The molecule has 0 aliphatic heterocycles. The van der Waals surface area contributed by atoms with Crippen LogP contribution in [0.15, 0.2) is 29.3 Å². The number of aliphatic imine (C=N–C) groups is 1. The molecule has 0 aliphatic carbocycles. The summed E-state index contributed by atoms with van der Waals surface area (Å²) in [6.45, 7) is 6.92. The van der Waals surface area contributed by atoms with Crippen molar-refractivity contribution in [2.75, 3.05) is 11.9 Å². The monoisotopic (exact) mass is 430 g/mol. The Morgan fingerprint density at radius 1 is 1.36 bits per heavy atom. The number of rotatable bonds is 5. The zero-order valence-electron chi connectivity index (χ0n) is 13.2. The molecule has 0 aliphatic rings. The van der Waals surface area contributed by atoms with Crippen LogP contribution in [0.4, 0.5) is 5.69 Å². The lowest BCUT2D eigenvalue weighted by molar-refractivity contribution is 0.941. The second-order valence-electron chi connectivity index (χ2n) is 4.95. The van der Waals surface area contributed by atoms with Crippen molar-refractivity contribution < 1.29 is 0 Å². The van der Waals surface area contributed by atoms with Gasteiger partial charge in [-0.1, -0.05) is 19.1 Å². The van der Waals surface area contributed by atoms with Gasteiger partial charge in [0.05, 0.1) is 10.7 Å². The van der Waals surface area contributed by atoms with Gasteiger partial charge in [-0.25, -0.2) is 4.98 Å². The highest BCUT2D eigenvalue weighted by atomic mass is 127. The predicted molar refractivity (Wildman–Crippen MR) is 107 cm³/mol. The van der Waals surface area contributed by atoms with E-state index in [9.17, 15) is 0 Å². The first-order valence-corrected chi connectivity index (χ1v) is 7.99. The first kappa shape index (κ1) is 18.9. The van der Waals surface area contributed by atoms with E-state index in [0.717, 1.165) is 29.2 Å². The average Bonchev–Trinajstić information content (AvgIpc) is 2.78. The second-order valence-corrected chi connectivity index (χ2v) is 6.23. The summed E-state index contributed by atoms with van der Waals surface area (Å²) >= 11 is 1.73. The van der Waals surface area contributed by atoms with E-state index in [2.05, 4.69) is 41.3 Å². The van der Waals surface area contributed by atoms with Crippen LogP contribution in [0.2, 0.25) is 0 Å². The van der Waals surface area contributed by atoms with E-state index >= 15 is 0 Å². The van der Waals surface area contributed by atoms with Crippen LogP contribution < -0.4 is 11.1 Å². The molecule has 0 radical (unpaired) electrons. The summed E-state index contributed by atoms with van der Waals surface area (Å²) in [6.07, 6.45) is 1.84. The number of nitrogens with one attached hydrogen (secondary N) is 1. The van der Waals surface area contributed by atoms with Gasteiger partial charge in [-0.3, -0.25) is 4.99 Å². The van der Waals surface area contributed by atoms with Gasteiger partial charge in [-0.05, 0) is 38.0 Å². The van der Waals surface area contributed by atoms with Gasteiger partial charge in [0.15, 0.2) is 5.96 Å². The Hall–Kier alpha value is -1.15. The largest absolute Gasteiger partial charge is 0.370 e. The van der Waals surface area contributed by atoms with E-state index < -0.39 is 0 Å². The molecule has 2 aromatic rings. The highest BCUT2D eigenvalue weighted by Gasteiger charge is 2.03. The van der Waals surface area contributed by atoms with Gasteiger partial charge in [0.2, 0.25) is 0 Å². The number of hydrogen-bond donors (Lipinski definition) is 2. The fourth-order valence-electron chi connectivity index (χ4n) is 1.97. The van der Waals surface area contributed by atoms with Gasteiger partial charge in [0.25, 0.3) is 0 Å². The Kier molecular flexibility index (Phi) is 7.81. The third-order valence-corrected chi connectivity index (χ3v) is 4.42. The molecular weight excluding hydrogens is 407 g/mol. The summed E-state index contributed by atoms with van der Waals surface area (Å²) in [5.74, 6) is 0.452. The third-order valence-electron chi connectivity index (χ3n) is 3.29. The molecule has 0 spiro atoms. The van der Waals surface area contributed by atoms with Crippen molar-refractivity contribution in [3.8, 4) is 0 Å². The lowest BCUT2D eigenvalue weighted by Crippen LogP contribution is -2.23. The highest BCUT2D eigenvalue weighted by molar-refractivity contribution is 14.0. The normalized spacial score (nSPS) is 11.1. The maximum atomic E-state index is 5.92. The minimum absolute atomic E-state index is 0. The first-order valence-electron chi connectivity index (χ1n) is 7.17. The van der Waals surface area contributed by atoms with E-state index in [0.29, 0.717) is 12.5 Å². The number of guanidine groups is 1. The minimum Gasteiger partial charge on any atom is -0.370 e. The fourth-order valence-corrected chi connectivity index (χ4v) is 2.90. The number of nitrogens with zero attached hydrogens (tertiary/aromatic N) is 2. The average molecular weight is 430 g/mol. The topological polar surface area (TPSA) is 63.3 Å². The van der Waals surface area contributed by atoms with Crippen molar-refractivity contribution in [2.24, 2.45) is 10.7 Å². The Bertz CT molecular complexity index is 617. The van der Waals surface area contributed by atoms with Crippen LogP contribution in [-0.2, 0) is 12.8 Å². The molecule has 3 N–H and O–H groups in total. The van der Waals surface area contributed by atoms with Crippen LogP contribution in [0.3, 0.4) is 0 Å². The van der Waals surface area contributed by atoms with Crippen LogP contribution in [0.5, 0.6) is 0 Å². The van der Waals surface area contributed by atoms with Gasteiger partial charge < -0.3 is 11.1 Å². The maximum absolute atomic E-state index is 5.92. The summed E-state index contributed by atoms with van der Waals surface area (Å²) in [5, 5.41) is 4.25. The standard InChI is InChI=1S/C16H22N4S.HI/c1-4-13-6-5-7-14(10-13)20-16(17)18-9-8-15-19-11(2)12(3)21-15;/h5-7,10H,4,8-9H2,1-3H3,(H3,17,18,20);1H. The Morgan fingerprint density at radius 2 is 2.14 bits per heavy atom. The van der Waals surface area contributed by atoms with Crippen molar-refractivity contribution in [1.82, 2.24) is 4.98 Å². The molecule has 0 atom stereocenters. The van der Waals surface area contributed by atoms with E-state index in [4.69, 9.17) is 5.73 Å². The van der Waals surface area contributed by atoms with E-state index in [1.54, 1.807) is 11.3 Å². The molecule has 1 aromatic carbocycles. The van der Waals surface area contributed by atoms with Gasteiger partial charge in [-0.2, -0.15) is 0 Å². The Balaban J connectivity index is 0.00000242. The molecule has 1 aromatic heterocycles. The van der Waals surface area contributed by atoms with Crippen LogP contribution in [-0.4, -0.2) is 17.5 Å². The van der Waals surface area contributed by atoms with Gasteiger partial charge in [0, 0.05) is 23.5 Å². The fraction of sp³-hybridized carbons (Fsp3) is 0.375. The minimum atomic E-state index is 0. The van der Waals surface area contributed by atoms with Crippen LogP contribution in [0.25, 0.3) is 0 Å². The van der Waals surface area contributed by atoms with E-state index in [1.807, 2.05) is 19.1 Å². The number of hydrogen-bond acceptors (Lipinski definition) is 3. The molecule has 120 valence electrons. The highest BCUT2D eigenvalue weighted by Crippen LogP contribution is 2.16. The van der Waals surface area contributed by atoms with Crippen LogP contribution in [0, 0.1) is 13.8 Å². The molecule has 0 unspecified atom stereocenters. The van der Waals surface area contributed by atoms with Crippen molar-refractivity contribution in [3.05, 3.63) is 45.4 Å². The smallest absolute Gasteiger partial charge is 0.193 e. The molecule has 0 saturated carbocycles. The third kappa shape index (κ3) is 5.57. The number of aryl methyl sites for hydroxylation is 3. The molecule has 2 rings (SSSR count). The molecule has 0 saturated heterocycles. The number of aromatic nitrogens is 1. The van der Waals surface area contributed by atoms with Gasteiger partial charge in [-0.15, -0.1) is 35.3 Å². The Labute approximate surface area is 153 Å². The van der Waals surface area contributed by atoms with E-state index in [1.165, 1.54) is 10.4 Å². The summed E-state index contributed by atoms with van der Waals surface area (Å²) in [7, 11) is 0. The lowest BCUT2D eigenvalue weighted by atomic mass is 10.1. The number of benzene rings is 1. The number of nitrogens with two attached hydrogens (primary N) is 1. The number of thiazole rings is 1. The molecule has 4 nitrogen and oxygen atoms in total. The quantitative estimate of drug-likeness (QED) is 0.430. The second kappa shape index (κ2) is 9.09. The zero-order chi connectivity index (χ0) is 15.2. The predicted octanol–water partition coefficient (Wildman–Crippen LogP) is 3.91. The molecule has 0 amide bonds. The van der Waals surface area contributed by atoms with Gasteiger partial charge >= 0.3 is 0 Å². The summed E-state index contributed by atoms with van der Waals surface area (Å²) in [4.78, 5) is 10.1. The van der Waals surface area contributed by atoms with Gasteiger partial charge in [0.1, 0.15) is 0 Å². The maximum Gasteiger partial charge on any atom is 0.193 e. The summed E-state index contributed by atoms with van der Waals surface area (Å²) in [6, 6.07) is 8.21. The molecule has 1 heterocycles. The molecule has 0 fully saturated rings. The number of halogens is 1. The SMILES string of the molecule is CCc1cccc(NC(N)=NCCc2nc(C)c(C)s2)c1.I. The van der Waals surface area contributed by atoms with Crippen molar-refractivity contribution >= 4 is 47.0 Å². The number of anilines is 1. The lowest BCUT2D eigenvalue weighted by Gasteiger charge is -2.06. The molecule has 0 bridgehead atoms. The van der Waals surface area contributed by atoms with E-state index in [-0.39, 0.29) is 24.0 Å². The van der Waals surface area contributed by atoms with Crippen molar-refractivity contribution in [2.45, 2.75) is 33.6 Å². The molecule has 22 heavy (non-hydrogen) atoms. The molecule has 6 heteroatoms.